The molecule has 1 aromatic heterocycles. The summed E-state index contributed by atoms with van der Waals surface area (Å²) >= 11 is 0. The SMILES string of the molecule is Cc1ccc(C=CC(=O)NCc2cccc(NC(=O)CCN3CCOCC3)c2)o1. The van der Waals surface area contributed by atoms with E-state index < -0.39 is 0 Å². The molecule has 1 aliphatic heterocycles. The maximum Gasteiger partial charge on any atom is 0.244 e. The monoisotopic (exact) mass is 397 g/mol. The van der Waals surface area contributed by atoms with E-state index in [2.05, 4.69) is 15.5 Å². The summed E-state index contributed by atoms with van der Waals surface area (Å²) in [5.74, 6) is 1.21. The summed E-state index contributed by atoms with van der Waals surface area (Å²) < 4.78 is 10.7. The topological polar surface area (TPSA) is 83.8 Å². The van der Waals surface area contributed by atoms with Crippen molar-refractivity contribution in [3.05, 3.63) is 59.6 Å². The standard InChI is InChI=1S/C22H27N3O4/c1-17-5-6-20(29-17)7-8-21(26)23-16-18-3-2-4-19(15-18)24-22(27)9-10-25-11-13-28-14-12-25/h2-8,15H,9-14,16H2,1H3,(H,23,26)(H,24,27). The van der Waals surface area contributed by atoms with E-state index in [1.54, 1.807) is 6.08 Å². The number of hydrogen-bond donors (Lipinski definition) is 2. The first-order valence-corrected chi connectivity index (χ1v) is 9.80. The second-order valence-electron chi connectivity index (χ2n) is 6.95. The first kappa shape index (κ1) is 20.8. The Morgan fingerprint density at radius 2 is 2.00 bits per heavy atom. The highest BCUT2D eigenvalue weighted by atomic mass is 16.5. The van der Waals surface area contributed by atoms with Gasteiger partial charge in [0.15, 0.2) is 0 Å². The minimum Gasteiger partial charge on any atom is -0.462 e. The number of furan rings is 1. The lowest BCUT2D eigenvalue weighted by molar-refractivity contribution is -0.117. The summed E-state index contributed by atoms with van der Waals surface area (Å²) in [5.41, 5.74) is 1.64. The summed E-state index contributed by atoms with van der Waals surface area (Å²) in [7, 11) is 0. The lowest BCUT2D eigenvalue weighted by Crippen LogP contribution is -2.38. The number of nitrogens with zero attached hydrogens (tertiary/aromatic N) is 1. The van der Waals surface area contributed by atoms with Crippen molar-refractivity contribution in [3.8, 4) is 0 Å². The highest BCUT2D eigenvalue weighted by Crippen LogP contribution is 2.12. The Balaban J connectivity index is 1.43. The second kappa shape index (κ2) is 10.6. The summed E-state index contributed by atoms with van der Waals surface area (Å²) in [6.07, 6.45) is 3.51. The van der Waals surface area contributed by atoms with Gasteiger partial charge >= 0.3 is 0 Å². The van der Waals surface area contributed by atoms with Gasteiger partial charge < -0.3 is 19.8 Å². The number of rotatable bonds is 8. The van der Waals surface area contributed by atoms with Gasteiger partial charge in [0.25, 0.3) is 0 Å². The summed E-state index contributed by atoms with van der Waals surface area (Å²) in [6.45, 7) is 6.15. The third-order valence-corrected chi connectivity index (χ3v) is 4.60. The van der Waals surface area contributed by atoms with Crippen molar-refractivity contribution >= 4 is 23.6 Å². The Hall–Kier alpha value is -2.90. The zero-order chi connectivity index (χ0) is 20.5. The molecule has 154 valence electrons. The van der Waals surface area contributed by atoms with Crippen LogP contribution in [-0.2, 0) is 20.9 Å². The zero-order valence-corrected chi connectivity index (χ0v) is 16.6. The summed E-state index contributed by atoms with van der Waals surface area (Å²) in [4.78, 5) is 26.4. The van der Waals surface area contributed by atoms with E-state index in [0.717, 1.165) is 49.9 Å². The molecule has 1 aromatic carbocycles. The van der Waals surface area contributed by atoms with Gasteiger partial charge in [0, 0.05) is 44.4 Å². The van der Waals surface area contributed by atoms with Crippen LogP contribution in [0.1, 0.15) is 23.5 Å². The maximum atomic E-state index is 12.2. The number of amides is 2. The average molecular weight is 397 g/mol. The predicted molar refractivity (Wildman–Crippen MR) is 111 cm³/mol. The second-order valence-corrected chi connectivity index (χ2v) is 6.95. The third kappa shape index (κ3) is 7.21. The Morgan fingerprint density at radius 3 is 2.76 bits per heavy atom. The van der Waals surface area contributed by atoms with E-state index in [4.69, 9.17) is 9.15 Å². The molecule has 0 unspecified atom stereocenters. The Bertz CT molecular complexity index is 853. The van der Waals surface area contributed by atoms with Gasteiger partial charge in [-0.15, -0.1) is 0 Å². The van der Waals surface area contributed by atoms with Gasteiger partial charge in [-0.05, 0) is 42.8 Å². The van der Waals surface area contributed by atoms with Crippen molar-refractivity contribution in [2.75, 3.05) is 38.2 Å². The van der Waals surface area contributed by atoms with Crippen LogP contribution in [0.15, 0.2) is 46.9 Å². The van der Waals surface area contributed by atoms with Gasteiger partial charge in [-0.1, -0.05) is 12.1 Å². The molecule has 2 aromatic rings. The summed E-state index contributed by atoms with van der Waals surface area (Å²) in [6, 6.07) is 11.1. The first-order chi connectivity index (χ1) is 14.1. The highest BCUT2D eigenvalue weighted by molar-refractivity contribution is 5.92. The fourth-order valence-electron chi connectivity index (χ4n) is 3.02. The van der Waals surface area contributed by atoms with Crippen LogP contribution in [0.4, 0.5) is 5.69 Å². The molecular formula is C22H27N3O4. The number of benzene rings is 1. The molecule has 0 radical (unpaired) electrons. The average Bonchev–Trinajstić information content (AvgIpc) is 3.15. The minimum absolute atomic E-state index is 0.0191. The molecule has 2 N–H and O–H groups in total. The molecule has 2 heterocycles. The Kier molecular flexibility index (Phi) is 7.61. The van der Waals surface area contributed by atoms with Crippen LogP contribution < -0.4 is 10.6 Å². The van der Waals surface area contributed by atoms with E-state index in [-0.39, 0.29) is 11.8 Å². The van der Waals surface area contributed by atoms with Crippen LogP contribution in [0.2, 0.25) is 0 Å². The van der Waals surface area contributed by atoms with Crippen LogP contribution in [0.3, 0.4) is 0 Å². The number of ether oxygens (including phenoxy) is 1. The Morgan fingerprint density at radius 1 is 1.17 bits per heavy atom. The lowest BCUT2D eigenvalue weighted by atomic mass is 10.2. The number of morpholine rings is 1. The molecule has 2 amide bonds. The van der Waals surface area contributed by atoms with Gasteiger partial charge in [-0.3, -0.25) is 14.5 Å². The molecule has 0 spiro atoms. The van der Waals surface area contributed by atoms with E-state index in [1.807, 2.05) is 43.3 Å². The highest BCUT2D eigenvalue weighted by Gasteiger charge is 2.12. The third-order valence-electron chi connectivity index (χ3n) is 4.60. The van der Waals surface area contributed by atoms with Crippen molar-refractivity contribution in [2.24, 2.45) is 0 Å². The van der Waals surface area contributed by atoms with Crippen molar-refractivity contribution in [1.82, 2.24) is 10.2 Å². The molecule has 1 aliphatic rings. The summed E-state index contributed by atoms with van der Waals surface area (Å²) in [5, 5.41) is 5.75. The number of carbonyl (C=O) groups excluding carboxylic acids is 2. The van der Waals surface area contributed by atoms with Gasteiger partial charge in [0.1, 0.15) is 11.5 Å². The van der Waals surface area contributed by atoms with E-state index in [0.29, 0.717) is 18.7 Å². The predicted octanol–water partition coefficient (Wildman–Crippen LogP) is 2.58. The molecule has 1 fully saturated rings. The first-order valence-electron chi connectivity index (χ1n) is 9.80. The molecule has 7 nitrogen and oxygen atoms in total. The number of anilines is 1. The molecule has 7 heteroatoms. The number of nitrogens with one attached hydrogen (secondary N) is 2. The van der Waals surface area contributed by atoms with Crippen molar-refractivity contribution < 1.29 is 18.7 Å². The fourth-order valence-corrected chi connectivity index (χ4v) is 3.02. The van der Waals surface area contributed by atoms with Gasteiger partial charge in [0.05, 0.1) is 13.2 Å². The van der Waals surface area contributed by atoms with E-state index in [9.17, 15) is 9.59 Å². The quantitative estimate of drug-likeness (QED) is 0.669. The molecule has 3 rings (SSSR count). The molecule has 0 atom stereocenters. The maximum absolute atomic E-state index is 12.2. The van der Waals surface area contributed by atoms with Crippen LogP contribution >= 0.6 is 0 Å². The molecule has 0 saturated carbocycles. The van der Waals surface area contributed by atoms with Crippen LogP contribution in [-0.4, -0.2) is 49.6 Å². The van der Waals surface area contributed by atoms with Crippen molar-refractivity contribution in [3.63, 3.8) is 0 Å². The van der Waals surface area contributed by atoms with Crippen molar-refractivity contribution in [1.29, 1.82) is 0 Å². The van der Waals surface area contributed by atoms with E-state index >= 15 is 0 Å². The van der Waals surface area contributed by atoms with E-state index in [1.165, 1.54) is 6.08 Å². The van der Waals surface area contributed by atoms with Crippen LogP contribution in [0.25, 0.3) is 6.08 Å². The number of hydrogen-bond acceptors (Lipinski definition) is 5. The Labute approximate surface area is 170 Å². The van der Waals surface area contributed by atoms with Gasteiger partial charge in [-0.2, -0.15) is 0 Å². The van der Waals surface area contributed by atoms with Crippen LogP contribution in [0.5, 0.6) is 0 Å². The molecule has 1 saturated heterocycles. The normalized spacial score (nSPS) is 14.8. The van der Waals surface area contributed by atoms with Crippen LogP contribution in [0, 0.1) is 6.92 Å². The van der Waals surface area contributed by atoms with Gasteiger partial charge in [-0.25, -0.2) is 0 Å². The number of aryl methyl sites for hydroxylation is 1. The largest absolute Gasteiger partial charge is 0.462 e. The molecule has 0 aliphatic carbocycles. The minimum atomic E-state index is -0.209. The molecular weight excluding hydrogens is 370 g/mol. The molecule has 0 bridgehead atoms. The lowest BCUT2D eigenvalue weighted by Gasteiger charge is -2.26. The van der Waals surface area contributed by atoms with Gasteiger partial charge in [0.2, 0.25) is 11.8 Å². The molecule has 29 heavy (non-hydrogen) atoms. The zero-order valence-electron chi connectivity index (χ0n) is 16.6. The number of carbonyl (C=O) groups is 2. The smallest absolute Gasteiger partial charge is 0.244 e. The van der Waals surface area contributed by atoms with Crippen molar-refractivity contribution in [2.45, 2.75) is 19.9 Å². The fraction of sp³-hybridized carbons (Fsp3) is 0.364.